The van der Waals surface area contributed by atoms with E-state index in [2.05, 4.69) is 10.3 Å². The first-order chi connectivity index (χ1) is 9.81. The number of likely N-dealkylation sites (N-methyl/N-ethyl adjacent to an activating group) is 1. The molecule has 1 saturated heterocycles. The zero-order chi connectivity index (χ0) is 15.7. The molecule has 21 heavy (non-hydrogen) atoms. The minimum atomic E-state index is -1.13. The first kappa shape index (κ1) is 14.6. The summed E-state index contributed by atoms with van der Waals surface area (Å²) < 4.78 is 0. The fraction of sp³-hybridized carbons (Fsp3) is 0.308. The minimum Gasteiger partial charge on any atom is -0.478 e. The molecule has 0 spiro atoms. The Morgan fingerprint density at radius 1 is 1.38 bits per heavy atom. The lowest BCUT2D eigenvalue weighted by Crippen LogP contribution is -2.41. The van der Waals surface area contributed by atoms with Crippen molar-refractivity contribution >= 4 is 23.7 Å². The Balaban J connectivity index is 2.15. The molecule has 1 aromatic heterocycles. The first-order valence-corrected chi connectivity index (χ1v) is 6.13. The van der Waals surface area contributed by atoms with Crippen molar-refractivity contribution in [1.82, 2.24) is 15.2 Å². The van der Waals surface area contributed by atoms with Gasteiger partial charge in [-0.3, -0.25) is 19.3 Å². The standard InChI is InChI=1S/C13H13N3O5/c1-6-7(13(20)21)3-4-8(14-6)11(18)15-9-5-10(17)16(2)12(9)19/h3-4,9H,5H2,1-2H3,(H,15,18)(H,20,21). The number of nitrogens with zero attached hydrogens (tertiary/aromatic N) is 2. The van der Waals surface area contributed by atoms with Crippen LogP contribution in [0.25, 0.3) is 0 Å². The predicted molar refractivity (Wildman–Crippen MR) is 69.6 cm³/mol. The molecule has 2 N–H and O–H groups in total. The third-order valence-corrected chi connectivity index (χ3v) is 3.24. The van der Waals surface area contributed by atoms with Gasteiger partial charge in [-0.05, 0) is 19.1 Å². The van der Waals surface area contributed by atoms with E-state index in [-0.39, 0.29) is 29.3 Å². The van der Waals surface area contributed by atoms with Crippen LogP contribution in [0.3, 0.4) is 0 Å². The number of carbonyl (C=O) groups is 4. The highest BCUT2D eigenvalue weighted by molar-refractivity contribution is 6.07. The molecule has 1 unspecified atom stereocenters. The second-order valence-electron chi connectivity index (χ2n) is 4.66. The van der Waals surface area contributed by atoms with Gasteiger partial charge in [-0.15, -0.1) is 0 Å². The predicted octanol–water partition coefficient (Wildman–Crippen LogP) is -0.425. The van der Waals surface area contributed by atoms with Gasteiger partial charge in [-0.2, -0.15) is 0 Å². The molecular formula is C13H13N3O5. The number of carboxylic acid groups (broad SMARTS) is 1. The summed E-state index contributed by atoms with van der Waals surface area (Å²) in [6, 6.07) is 1.63. The second kappa shape index (κ2) is 5.31. The van der Waals surface area contributed by atoms with Crippen molar-refractivity contribution in [3.8, 4) is 0 Å². The number of hydrogen-bond acceptors (Lipinski definition) is 5. The Kier molecular flexibility index (Phi) is 3.70. The molecule has 8 heteroatoms. The van der Waals surface area contributed by atoms with Gasteiger partial charge in [0.1, 0.15) is 11.7 Å². The third-order valence-electron chi connectivity index (χ3n) is 3.24. The van der Waals surface area contributed by atoms with Crippen LogP contribution in [0.15, 0.2) is 12.1 Å². The summed E-state index contributed by atoms with van der Waals surface area (Å²) in [5, 5.41) is 11.3. The SMILES string of the molecule is Cc1nc(C(=O)NC2CC(=O)N(C)C2=O)ccc1C(=O)O. The Bertz CT molecular complexity index is 655. The van der Waals surface area contributed by atoms with Gasteiger partial charge >= 0.3 is 5.97 Å². The number of aromatic nitrogens is 1. The molecule has 0 radical (unpaired) electrons. The summed E-state index contributed by atoms with van der Waals surface area (Å²) in [6.07, 6.45) is -0.0900. The number of rotatable bonds is 3. The van der Waals surface area contributed by atoms with Gasteiger partial charge < -0.3 is 10.4 Å². The second-order valence-corrected chi connectivity index (χ2v) is 4.66. The van der Waals surface area contributed by atoms with E-state index in [0.717, 1.165) is 4.90 Å². The minimum absolute atomic E-state index is 0.00148. The maximum Gasteiger partial charge on any atom is 0.337 e. The number of aromatic carboxylic acids is 1. The Morgan fingerprint density at radius 2 is 2.05 bits per heavy atom. The van der Waals surface area contributed by atoms with E-state index < -0.39 is 23.8 Å². The molecule has 1 aliphatic rings. The number of likely N-dealkylation sites (tertiary alicyclic amines) is 1. The smallest absolute Gasteiger partial charge is 0.337 e. The van der Waals surface area contributed by atoms with Crippen LogP contribution < -0.4 is 5.32 Å². The van der Waals surface area contributed by atoms with Crippen LogP contribution in [0.1, 0.15) is 33.0 Å². The molecule has 1 aliphatic heterocycles. The lowest BCUT2D eigenvalue weighted by atomic mass is 10.1. The molecule has 8 nitrogen and oxygen atoms in total. The maximum absolute atomic E-state index is 12.0. The average molecular weight is 291 g/mol. The third kappa shape index (κ3) is 2.73. The zero-order valence-corrected chi connectivity index (χ0v) is 11.4. The molecule has 0 bridgehead atoms. The van der Waals surface area contributed by atoms with Gasteiger partial charge in [0.2, 0.25) is 5.91 Å². The summed E-state index contributed by atoms with van der Waals surface area (Å²) in [6.45, 7) is 1.47. The molecule has 0 saturated carbocycles. The number of aryl methyl sites for hydroxylation is 1. The van der Waals surface area contributed by atoms with Gasteiger partial charge in [0.15, 0.2) is 0 Å². The van der Waals surface area contributed by atoms with Gasteiger partial charge in [0.25, 0.3) is 11.8 Å². The van der Waals surface area contributed by atoms with Crippen LogP contribution in [-0.4, -0.2) is 51.8 Å². The van der Waals surface area contributed by atoms with Crippen molar-refractivity contribution in [2.75, 3.05) is 7.05 Å². The summed E-state index contributed by atoms with van der Waals surface area (Å²) in [4.78, 5) is 50.8. The highest BCUT2D eigenvalue weighted by Gasteiger charge is 2.37. The molecule has 1 atom stereocenters. The Hall–Kier alpha value is -2.77. The lowest BCUT2D eigenvalue weighted by Gasteiger charge is -2.11. The highest BCUT2D eigenvalue weighted by Crippen LogP contribution is 2.12. The largest absolute Gasteiger partial charge is 0.478 e. The lowest BCUT2D eigenvalue weighted by molar-refractivity contribution is -0.137. The van der Waals surface area contributed by atoms with Crippen LogP contribution in [0.2, 0.25) is 0 Å². The fourth-order valence-corrected chi connectivity index (χ4v) is 2.01. The van der Waals surface area contributed by atoms with E-state index >= 15 is 0 Å². The fourth-order valence-electron chi connectivity index (χ4n) is 2.01. The van der Waals surface area contributed by atoms with Crippen LogP contribution in [0.4, 0.5) is 0 Å². The van der Waals surface area contributed by atoms with E-state index in [4.69, 9.17) is 5.11 Å². The highest BCUT2D eigenvalue weighted by atomic mass is 16.4. The molecule has 0 aliphatic carbocycles. The zero-order valence-electron chi connectivity index (χ0n) is 11.4. The molecule has 2 heterocycles. The molecule has 1 fully saturated rings. The summed E-state index contributed by atoms with van der Waals surface area (Å²) in [5.41, 5.74) is 0.187. The summed E-state index contributed by atoms with van der Waals surface area (Å²) in [5.74, 6) is -2.61. The van der Waals surface area contributed by atoms with Crippen LogP contribution in [0, 0.1) is 6.92 Å². The van der Waals surface area contributed by atoms with E-state index in [1.807, 2.05) is 0 Å². The van der Waals surface area contributed by atoms with Crippen LogP contribution >= 0.6 is 0 Å². The van der Waals surface area contributed by atoms with Gasteiger partial charge in [0, 0.05) is 7.05 Å². The van der Waals surface area contributed by atoms with Crippen molar-refractivity contribution < 1.29 is 24.3 Å². The summed E-state index contributed by atoms with van der Waals surface area (Å²) >= 11 is 0. The van der Waals surface area contributed by atoms with Crippen molar-refractivity contribution in [3.63, 3.8) is 0 Å². The normalized spacial score (nSPS) is 18.0. The Labute approximate surface area is 119 Å². The number of carboxylic acids is 1. The number of amides is 3. The van der Waals surface area contributed by atoms with Gasteiger partial charge in [-0.25, -0.2) is 9.78 Å². The number of imide groups is 1. The van der Waals surface area contributed by atoms with Crippen molar-refractivity contribution in [2.45, 2.75) is 19.4 Å². The first-order valence-electron chi connectivity index (χ1n) is 6.13. The van der Waals surface area contributed by atoms with Crippen molar-refractivity contribution in [1.29, 1.82) is 0 Å². The van der Waals surface area contributed by atoms with Crippen LogP contribution in [-0.2, 0) is 9.59 Å². The van der Waals surface area contributed by atoms with E-state index in [1.54, 1.807) is 0 Å². The van der Waals surface area contributed by atoms with Crippen LogP contribution in [0.5, 0.6) is 0 Å². The van der Waals surface area contributed by atoms with E-state index in [9.17, 15) is 19.2 Å². The number of hydrogen-bond donors (Lipinski definition) is 2. The number of carbonyl (C=O) groups excluding carboxylic acids is 3. The average Bonchev–Trinajstić information content (AvgIpc) is 2.65. The molecule has 3 amide bonds. The molecule has 110 valence electrons. The van der Waals surface area contributed by atoms with Crippen molar-refractivity contribution in [3.05, 3.63) is 29.1 Å². The molecular weight excluding hydrogens is 278 g/mol. The number of nitrogens with one attached hydrogen (secondary N) is 1. The van der Waals surface area contributed by atoms with E-state index in [1.165, 1.54) is 26.1 Å². The topological polar surface area (TPSA) is 117 Å². The monoisotopic (exact) mass is 291 g/mol. The quantitative estimate of drug-likeness (QED) is 0.730. The van der Waals surface area contributed by atoms with Gasteiger partial charge in [0.05, 0.1) is 17.7 Å². The maximum atomic E-state index is 12.0. The van der Waals surface area contributed by atoms with Crippen molar-refractivity contribution in [2.24, 2.45) is 0 Å². The summed E-state index contributed by atoms with van der Waals surface area (Å²) in [7, 11) is 1.35. The Morgan fingerprint density at radius 3 is 2.52 bits per heavy atom. The number of pyridine rings is 1. The molecule has 2 rings (SSSR count). The van der Waals surface area contributed by atoms with E-state index in [0.29, 0.717) is 0 Å². The molecule has 0 aromatic carbocycles. The van der Waals surface area contributed by atoms with Gasteiger partial charge in [-0.1, -0.05) is 0 Å². The molecule has 1 aromatic rings.